The van der Waals surface area contributed by atoms with Crippen LogP contribution in [0, 0.1) is 5.82 Å². The highest BCUT2D eigenvalue weighted by Crippen LogP contribution is 2.25. The van der Waals surface area contributed by atoms with Crippen LogP contribution in [-0.2, 0) is 4.79 Å². The summed E-state index contributed by atoms with van der Waals surface area (Å²) in [5, 5.41) is 0. The highest BCUT2D eigenvalue weighted by atomic mass is 79.9. The summed E-state index contributed by atoms with van der Waals surface area (Å²) in [6, 6.07) is 4.16. The van der Waals surface area contributed by atoms with Crippen LogP contribution in [0.5, 0.6) is 5.75 Å². The molecule has 0 aliphatic carbocycles. The first-order chi connectivity index (χ1) is 6.59. The third-order valence-corrected chi connectivity index (χ3v) is 2.23. The SMILES string of the molecule is CC(=O)CCOc1ccc(F)cc1Br. The number of halogens is 2. The van der Waals surface area contributed by atoms with Crippen LogP contribution >= 0.6 is 15.9 Å². The number of hydrogen-bond acceptors (Lipinski definition) is 2. The van der Waals surface area contributed by atoms with E-state index in [1.165, 1.54) is 25.1 Å². The average molecular weight is 261 g/mol. The van der Waals surface area contributed by atoms with Gasteiger partial charge in [0.1, 0.15) is 17.3 Å². The van der Waals surface area contributed by atoms with Crippen LogP contribution in [-0.4, -0.2) is 12.4 Å². The zero-order valence-electron chi connectivity index (χ0n) is 7.72. The van der Waals surface area contributed by atoms with Crippen molar-refractivity contribution in [3.8, 4) is 5.75 Å². The number of Topliss-reactive ketones (excluding diaryl/α,β-unsaturated/α-hetero) is 1. The van der Waals surface area contributed by atoms with Gasteiger partial charge in [0.15, 0.2) is 0 Å². The minimum Gasteiger partial charge on any atom is -0.492 e. The van der Waals surface area contributed by atoms with Crippen molar-refractivity contribution < 1.29 is 13.9 Å². The van der Waals surface area contributed by atoms with Crippen LogP contribution in [0.1, 0.15) is 13.3 Å². The lowest BCUT2D eigenvalue weighted by Crippen LogP contribution is -2.03. The molecule has 1 aromatic carbocycles. The fraction of sp³-hybridized carbons (Fsp3) is 0.300. The van der Waals surface area contributed by atoms with Crippen molar-refractivity contribution in [1.29, 1.82) is 0 Å². The van der Waals surface area contributed by atoms with Crippen LogP contribution in [0.15, 0.2) is 22.7 Å². The van der Waals surface area contributed by atoms with E-state index < -0.39 is 0 Å². The van der Waals surface area contributed by atoms with Gasteiger partial charge in [-0.05, 0) is 41.1 Å². The van der Waals surface area contributed by atoms with Crippen molar-refractivity contribution in [3.63, 3.8) is 0 Å². The van der Waals surface area contributed by atoms with Gasteiger partial charge in [0.05, 0.1) is 11.1 Å². The molecule has 0 radical (unpaired) electrons. The third-order valence-electron chi connectivity index (χ3n) is 1.61. The number of carbonyl (C=O) groups excluding carboxylic acids is 1. The van der Waals surface area contributed by atoms with E-state index in [-0.39, 0.29) is 11.6 Å². The Kier molecular flexibility index (Phi) is 4.07. The number of benzene rings is 1. The summed E-state index contributed by atoms with van der Waals surface area (Å²) in [5.74, 6) is 0.298. The largest absolute Gasteiger partial charge is 0.492 e. The molecule has 0 fully saturated rings. The van der Waals surface area contributed by atoms with E-state index in [2.05, 4.69) is 15.9 Å². The summed E-state index contributed by atoms with van der Waals surface area (Å²) >= 11 is 3.16. The van der Waals surface area contributed by atoms with Crippen LogP contribution in [0.25, 0.3) is 0 Å². The molecule has 0 spiro atoms. The van der Waals surface area contributed by atoms with Crippen LogP contribution in [0.3, 0.4) is 0 Å². The van der Waals surface area contributed by atoms with Crippen molar-refractivity contribution in [3.05, 3.63) is 28.5 Å². The van der Waals surface area contributed by atoms with Crippen LogP contribution in [0.2, 0.25) is 0 Å². The van der Waals surface area contributed by atoms with Gasteiger partial charge in [-0.25, -0.2) is 4.39 Å². The molecule has 0 bridgehead atoms. The molecule has 2 nitrogen and oxygen atoms in total. The van der Waals surface area contributed by atoms with Crippen molar-refractivity contribution >= 4 is 21.7 Å². The monoisotopic (exact) mass is 260 g/mol. The summed E-state index contributed by atoms with van der Waals surface area (Å²) in [4.78, 5) is 10.6. The standard InChI is InChI=1S/C10H10BrFO2/c1-7(13)4-5-14-10-3-2-8(12)6-9(10)11/h2-3,6H,4-5H2,1H3. The molecule has 1 rings (SSSR count). The van der Waals surface area contributed by atoms with E-state index in [0.29, 0.717) is 23.2 Å². The number of ketones is 1. The Morgan fingerprint density at radius 3 is 2.86 bits per heavy atom. The zero-order chi connectivity index (χ0) is 10.6. The lowest BCUT2D eigenvalue weighted by atomic mass is 10.3. The molecule has 0 heterocycles. The zero-order valence-corrected chi connectivity index (χ0v) is 9.30. The molecule has 0 amide bonds. The molecule has 0 saturated heterocycles. The molecule has 4 heteroatoms. The smallest absolute Gasteiger partial charge is 0.133 e. The minimum absolute atomic E-state index is 0.0724. The Hall–Kier alpha value is -0.900. The van der Waals surface area contributed by atoms with Crippen LogP contribution < -0.4 is 4.74 Å². The van der Waals surface area contributed by atoms with E-state index in [1.807, 2.05) is 0 Å². The van der Waals surface area contributed by atoms with Gasteiger partial charge >= 0.3 is 0 Å². The van der Waals surface area contributed by atoms with Gasteiger partial charge < -0.3 is 4.74 Å². The van der Waals surface area contributed by atoms with E-state index in [4.69, 9.17) is 4.74 Å². The van der Waals surface area contributed by atoms with Crippen molar-refractivity contribution in [2.75, 3.05) is 6.61 Å². The quantitative estimate of drug-likeness (QED) is 0.832. The molecule has 0 aliphatic heterocycles. The Bertz CT molecular complexity index is 339. The van der Waals surface area contributed by atoms with Gasteiger partial charge in [0.2, 0.25) is 0 Å². The normalized spacial score (nSPS) is 9.93. The number of rotatable bonds is 4. The second-order valence-electron chi connectivity index (χ2n) is 2.88. The average Bonchev–Trinajstić information content (AvgIpc) is 2.08. The maximum absolute atomic E-state index is 12.7. The predicted molar refractivity (Wildman–Crippen MR) is 54.9 cm³/mol. The fourth-order valence-electron chi connectivity index (χ4n) is 0.897. The third kappa shape index (κ3) is 3.46. The number of hydrogen-bond donors (Lipinski definition) is 0. The predicted octanol–water partition coefficient (Wildman–Crippen LogP) is 2.95. The Labute approximate surface area is 90.2 Å². The lowest BCUT2D eigenvalue weighted by molar-refractivity contribution is -0.117. The van der Waals surface area contributed by atoms with Crippen molar-refractivity contribution in [2.24, 2.45) is 0 Å². The highest BCUT2D eigenvalue weighted by Gasteiger charge is 2.02. The van der Waals surface area contributed by atoms with Crippen molar-refractivity contribution in [2.45, 2.75) is 13.3 Å². The maximum Gasteiger partial charge on any atom is 0.133 e. The van der Waals surface area contributed by atoms with Gasteiger partial charge in [-0.15, -0.1) is 0 Å². The molecule has 1 aromatic rings. The number of carbonyl (C=O) groups is 1. The Balaban J connectivity index is 2.55. The van der Waals surface area contributed by atoms with Crippen LogP contribution in [0.4, 0.5) is 4.39 Å². The van der Waals surface area contributed by atoms with Gasteiger partial charge in [-0.2, -0.15) is 0 Å². The molecule has 0 aromatic heterocycles. The molecule has 0 aliphatic rings. The summed E-state index contributed by atoms with van der Waals surface area (Å²) in [5.41, 5.74) is 0. The van der Waals surface area contributed by atoms with Gasteiger partial charge in [0, 0.05) is 6.42 Å². The second kappa shape index (κ2) is 5.10. The van der Waals surface area contributed by atoms with E-state index in [9.17, 15) is 9.18 Å². The fourth-order valence-corrected chi connectivity index (χ4v) is 1.36. The topological polar surface area (TPSA) is 26.3 Å². The van der Waals surface area contributed by atoms with Gasteiger partial charge in [-0.3, -0.25) is 4.79 Å². The molecule has 76 valence electrons. The van der Waals surface area contributed by atoms with Gasteiger partial charge in [0.25, 0.3) is 0 Å². The highest BCUT2D eigenvalue weighted by molar-refractivity contribution is 9.10. The summed E-state index contributed by atoms with van der Waals surface area (Å²) < 4.78 is 18.5. The Morgan fingerprint density at radius 1 is 1.57 bits per heavy atom. The first kappa shape index (κ1) is 11.2. The molecule has 0 unspecified atom stereocenters. The van der Waals surface area contributed by atoms with Crippen molar-refractivity contribution in [1.82, 2.24) is 0 Å². The molecule has 0 N–H and O–H groups in total. The number of ether oxygens (including phenoxy) is 1. The minimum atomic E-state index is -0.323. The van der Waals surface area contributed by atoms with E-state index in [0.717, 1.165) is 0 Å². The first-order valence-corrected chi connectivity index (χ1v) is 4.96. The molecular weight excluding hydrogens is 251 g/mol. The first-order valence-electron chi connectivity index (χ1n) is 4.17. The molecule has 0 atom stereocenters. The molecule has 0 saturated carbocycles. The Morgan fingerprint density at radius 2 is 2.29 bits per heavy atom. The van der Waals surface area contributed by atoms with E-state index in [1.54, 1.807) is 0 Å². The summed E-state index contributed by atoms with van der Waals surface area (Å²) in [7, 11) is 0. The maximum atomic E-state index is 12.7. The summed E-state index contributed by atoms with van der Waals surface area (Å²) in [6.45, 7) is 1.82. The lowest BCUT2D eigenvalue weighted by Gasteiger charge is -2.06. The summed E-state index contributed by atoms with van der Waals surface area (Å²) in [6.07, 6.45) is 0.365. The molecule has 14 heavy (non-hydrogen) atoms. The molecular formula is C10H10BrFO2. The second-order valence-corrected chi connectivity index (χ2v) is 3.73. The van der Waals surface area contributed by atoms with Gasteiger partial charge in [-0.1, -0.05) is 0 Å². The van der Waals surface area contributed by atoms with E-state index >= 15 is 0 Å².